The molecule has 2 aromatic rings. The average Bonchev–Trinajstić information content (AvgIpc) is 2.67. The Labute approximate surface area is 156 Å². The van der Waals surface area contributed by atoms with E-state index in [4.69, 9.17) is 9.47 Å². The minimum Gasteiger partial charge on any atom is -0.497 e. The fourth-order valence-electron chi connectivity index (χ4n) is 2.47. The minimum atomic E-state index is -0.715. The number of methoxy groups -OCH3 is 1. The summed E-state index contributed by atoms with van der Waals surface area (Å²) in [6.07, 6.45) is 0. The Bertz CT molecular complexity index is 848. The Morgan fingerprint density at radius 3 is 2.30 bits per heavy atom. The molecule has 2 aromatic carbocycles. The molecule has 27 heavy (non-hydrogen) atoms. The van der Waals surface area contributed by atoms with Crippen LogP contribution in [0.15, 0.2) is 42.5 Å². The van der Waals surface area contributed by atoms with Crippen LogP contribution in [0.3, 0.4) is 0 Å². The third-order valence-corrected chi connectivity index (χ3v) is 3.81. The van der Waals surface area contributed by atoms with E-state index < -0.39 is 16.8 Å². The van der Waals surface area contributed by atoms with E-state index in [1.54, 1.807) is 33.2 Å². The number of benzene rings is 2. The lowest BCUT2D eigenvalue weighted by atomic mass is 10.1. The van der Waals surface area contributed by atoms with Crippen LogP contribution in [-0.4, -0.2) is 42.5 Å². The zero-order valence-electron chi connectivity index (χ0n) is 15.3. The number of amides is 1. The summed E-state index contributed by atoms with van der Waals surface area (Å²) >= 11 is 0. The van der Waals surface area contributed by atoms with E-state index in [9.17, 15) is 19.7 Å². The van der Waals surface area contributed by atoms with E-state index in [1.807, 2.05) is 12.1 Å². The molecular formula is C19H20N2O6. The number of carbonyl (C=O) groups is 2. The van der Waals surface area contributed by atoms with Gasteiger partial charge in [0.1, 0.15) is 5.75 Å². The highest BCUT2D eigenvalue weighted by molar-refractivity contribution is 5.98. The second kappa shape index (κ2) is 8.79. The van der Waals surface area contributed by atoms with Crippen molar-refractivity contribution in [2.24, 2.45) is 0 Å². The first-order chi connectivity index (χ1) is 12.8. The van der Waals surface area contributed by atoms with Gasteiger partial charge >= 0.3 is 5.97 Å². The summed E-state index contributed by atoms with van der Waals surface area (Å²) in [5, 5.41) is 11.1. The molecule has 8 heteroatoms. The molecule has 0 radical (unpaired) electrons. The van der Waals surface area contributed by atoms with Crippen LogP contribution in [0.1, 0.15) is 33.2 Å². The molecule has 0 fully saturated rings. The van der Waals surface area contributed by atoms with Crippen LogP contribution in [0.25, 0.3) is 0 Å². The van der Waals surface area contributed by atoms with Crippen molar-refractivity contribution in [3.05, 3.63) is 69.3 Å². The SMILES string of the molecule is CCOC(=O)c1cc(C(=O)N(C)Cc2ccc(OC)cc2)cc([N+](=O)[O-])c1. The summed E-state index contributed by atoms with van der Waals surface area (Å²) in [6, 6.07) is 10.7. The molecule has 0 saturated heterocycles. The number of non-ortho nitro benzene ring substituents is 1. The van der Waals surface area contributed by atoms with Gasteiger partial charge in [-0.3, -0.25) is 14.9 Å². The van der Waals surface area contributed by atoms with Crippen molar-refractivity contribution >= 4 is 17.6 Å². The van der Waals surface area contributed by atoms with Crippen LogP contribution in [0.4, 0.5) is 5.69 Å². The number of nitro groups is 1. The molecule has 0 unspecified atom stereocenters. The molecule has 0 aliphatic rings. The lowest BCUT2D eigenvalue weighted by Crippen LogP contribution is -2.26. The molecule has 0 atom stereocenters. The summed E-state index contributed by atoms with van der Waals surface area (Å²) in [4.78, 5) is 36.5. The molecule has 0 bridgehead atoms. The van der Waals surface area contributed by atoms with Crippen LogP contribution >= 0.6 is 0 Å². The molecule has 0 N–H and O–H groups in total. The Morgan fingerprint density at radius 1 is 1.11 bits per heavy atom. The van der Waals surface area contributed by atoms with Crippen LogP contribution in [0.5, 0.6) is 5.75 Å². The first kappa shape index (κ1) is 19.9. The van der Waals surface area contributed by atoms with E-state index in [-0.39, 0.29) is 23.4 Å². The van der Waals surface area contributed by atoms with Crippen molar-refractivity contribution in [1.29, 1.82) is 0 Å². The summed E-state index contributed by atoms with van der Waals surface area (Å²) in [7, 11) is 3.14. The monoisotopic (exact) mass is 372 g/mol. The topological polar surface area (TPSA) is 99.0 Å². The number of ether oxygens (including phenoxy) is 2. The first-order valence-corrected chi connectivity index (χ1v) is 8.20. The number of nitro benzene ring substituents is 1. The fourth-order valence-corrected chi connectivity index (χ4v) is 2.47. The summed E-state index contributed by atoms with van der Waals surface area (Å²) in [6.45, 7) is 2.05. The number of esters is 1. The molecule has 0 aromatic heterocycles. The standard InChI is InChI=1S/C19H20N2O6/c1-4-27-19(23)15-9-14(10-16(11-15)21(24)25)18(22)20(2)12-13-5-7-17(26-3)8-6-13/h5-11H,4,12H2,1-3H3. The predicted octanol–water partition coefficient (Wildman–Crippen LogP) is 3.05. The first-order valence-electron chi connectivity index (χ1n) is 8.20. The minimum absolute atomic E-state index is 0.0350. The lowest BCUT2D eigenvalue weighted by Gasteiger charge is -2.18. The van der Waals surface area contributed by atoms with Crippen molar-refractivity contribution in [3.8, 4) is 5.75 Å². The number of rotatable bonds is 7. The summed E-state index contributed by atoms with van der Waals surface area (Å²) in [5.41, 5.74) is 0.528. The highest BCUT2D eigenvalue weighted by Gasteiger charge is 2.20. The smallest absolute Gasteiger partial charge is 0.338 e. The van der Waals surface area contributed by atoms with Crippen molar-refractivity contribution in [1.82, 2.24) is 4.90 Å². The van der Waals surface area contributed by atoms with Gasteiger partial charge in [-0.15, -0.1) is 0 Å². The quantitative estimate of drug-likeness (QED) is 0.421. The molecular weight excluding hydrogens is 352 g/mol. The Morgan fingerprint density at radius 2 is 1.74 bits per heavy atom. The Kier molecular flexibility index (Phi) is 6.48. The third-order valence-electron chi connectivity index (χ3n) is 3.81. The van der Waals surface area contributed by atoms with Gasteiger partial charge in [-0.05, 0) is 30.7 Å². The van der Waals surface area contributed by atoms with E-state index in [0.717, 1.165) is 17.7 Å². The van der Waals surface area contributed by atoms with E-state index >= 15 is 0 Å². The van der Waals surface area contributed by atoms with Crippen molar-refractivity contribution in [2.75, 3.05) is 20.8 Å². The van der Waals surface area contributed by atoms with Crippen LogP contribution < -0.4 is 4.74 Å². The molecule has 0 saturated carbocycles. The lowest BCUT2D eigenvalue weighted by molar-refractivity contribution is -0.384. The molecule has 2 rings (SSSR count). The molecule has 0 heterocycles. The van der Waals surface area contributed by atoms with E-state index in [2.05, 4.69) is 0 Å². The second-order valence-electron chi connectivity index (χ2n) is 5.76. The molecule has 0 aliphatic heterocycles. The van der Waals surface area contributed by atoms with Gasteiger partial charge in [-0.1, -0.05) is 12.1 Å². The maximum atomic E-state index is 12.7. The third kappa shape index (κ3) is 5.04. The predicted molar refractivity (Wildman–Crippen MR) is 97.8 cm³/mol. The normalized spacial score (nSPS) is 10.2. The average molecular weight is 372 g/mol. The van der Waals surface area contributed by atoms with Crippen molar-refractivity contribution < 1.29 is 24.0 Å². The second-order valence-corrected chi connectivity index (χ2v) is 5.76. The van der Waals surface area contributed by atoms with Crippen molar-refractivity contribution in [2.45, 2.75) is 13.5 Å². The van der Waals surface area contributed by atoms with Crippen LogP contribution in [0, 0.1) is 10.1 Å². The Balaban J connectivity index is 2.26. The largest absolute Gasteiger partial charge is 0.497 e. The van der Waals surface area contributed by atoms with E-state index in [0.29, 0.717) is 12.3 Å². The summed E-state index contributed by atoms with van der Waals surface area (Å²) < 4.78 is 9.97. The van der Waals surface area contributed by atoms with Crippen LogP contribution in [0.2, 0.25) is 0 Å². The number of hydrogen-bond donors (Lipinski definition) is 0. The molecule has 0 spiro atoms. The number of hydrogen-bond acceptors (Lipinski definition) is 6. The fraction of sp³-hybridized carbons (Fsp3) is 0.263. The van der Waals surface area contributed by atoms with Gasteiger partial charge in [0.2, 0.25) is 0 Å². The molecule has 1 amide bonds. The van der Waals surface area contributed by atoms with Crippen LogP contribution in [-0.2, 0) is 11.3 Å². The zero-order chi connectivity index (χ0) is 20.0. The highest BCUT2D eigenvalue weighted by Crippen LogP contribution is 2.20. The summed E-state index contributed by atoms with van der Waals surface area (Å²) in [5.74, 6) is -0.460. The van der Waals surface area contributed by atoms with Gasteiger partial charge in [0.05, 0.1) is 24.2 Å². The maximum Gasteiger partial charge on any atom is 0.338 e. The molecule has 8 nitrogen and oxygen atoms in total. The Hall–Kier alpha value is -3.42. The number of nitrogens with zero attached hydrogens (tertiary/aromatic N) is 2. The molecule has 0 aliphatic carbocycles. The van der Waals surface area contributed by atoms with Crippen molar-refractivity contribution in [3.63, 3.8) is 0 Å². The van der Waals surface area contributed by atoms with Gasteiger partial charge in [-0.2, -0.15) is 0 Å². The highest BCUT2D eigenvalue weighted by atomic mass is 16.6. The van der Waals surface area contributed by atoms with Gasteiger partial charge in [0, 0.05) is 31.3 Å². The molecule has 142 valence electrons. The van der Waals surface area contributed by atoms with E-state index in [1.165, 1.54) is 11.0 Å². The van der Waals surface area contributed by atoms with Gasteiger partial charge in [0.25, 0.3) is 11.6 Å². The van der Waals surface area contributed by atoms with Gasteiger partial charge in [0.15, 0.2) is 0 Å². The number of carbonyl (C=O) groups excluding carboxylic acids is 2. The zero-order valence-corrected chi connectivity index (χ0v) is 15.3. The maximum absolute atomic E-state index is 12.7. The van der Waals surface area contributed by atoms with Gasteiger partial charge < -0.3 is 14.4 Å². The van der Waals surface area contributed by atoms with Gasteiger partial charge in [-0.25, -0.2) is 4.79 Å².